The summed E-state index contributed by atoms with van der Waals surface area (Å²) in [7, 11) is 0. The predicted octanol–water partition coefficient (Wildman–Crippen LogP) is 3.83. The highest BCUT2D eigenvalue weighted by molar-refractivity contribution is 6.30. The fourth-order valence-corrected chi connectivity index (χ4v) is 1.94. The Bertz CT molecular complexity index is 475. The van der Waals surface area contributed by atoms with Crippen molar-refractivity contribution < 1.29 is 0 Å². The summed E-state index contributed by atoms with van der Waals surface area (Å²) in [5.41, 5.74) is 3.52. The molecule has 0 atom stereocenters. The first-order chi connectivity index (χ1) is 8.16. The lowest BCUT2D eigenvalue weighted by Gasteiger charge is -2.12. The molecule has 17 heavy (non-hydrogen) atoms. The largest absolute Gasteiger partial charge is 0.361 e. The molecule has 0 aliphatic carbocycles. The SMILES string of the molecule is CC(C)NCc1ccc(Cl)cc1-c1ccc[nH]1. The average Bonchev–Trinajstić information content (AvgIpc) is 2.80. The van der Waals surface area contributed by atoms with Gasteiger partial charge in [-0.2, -0.15) is 0 Å². The molecular weight excluding hydrogens is 232 g/mol. The van der Waals surface area contributed by atoms with Gasteiger partial charge in [-0.05, 0) is 29.8 Å². The maximum atomic E-state index is 6.06. The second kappa shape index (κ2) is 5.39. The molecule has 0 bridgehead atoms. The van der Waals surface area contributed by atoms with Crippen molar-refractivity contribution in [2.24, 2.45) is 0 Å². The molecule has 0 radical (unpaired) electrons. The van der Waals surface area contributed by atoms with Gasteiger partial charge in [0.25, 0.3) is 0 Å². The Morgan fingerprint density at radius 1 is 1.29 bits per heavy atom. The summed E-state index contributed by atoms with van der Waals surface area (Å²) in [5.74, 6) is 0. The van der Waals surface area contributed by atoms with Crippen LogP contribution in [0.1, 0.15) is 19.4 Å². The standard InChI is InChI=1S/C14H17ClN2/c1-10(2)17-9-11-5-6-12(15)8-13(11)14-4-3-7-16-14/h3-8,10,16-17H,9H2,1-2H3. The zero-order chi connectivity index (χ0) is 12.3. The van der Waals surface area contributed by atoms with E-state index in [1.54, 1.807) is 0 Å². The average molecular weight is 249 g/mol. The second-order valence-corrected chi connectivity index (χ2v) is 4.86. The molecule has 1 heterocycles. The number of nitrogens with one attached hydrogen (secondary N) is 2. The number of halogens is 1. The van der Waals surface area contributed by atoms with Gasteiger partial charge in [0, 0.05) is 35.1 Å². The van der Waals surface area contributed by atoms with Crippen LogP contribution >= 0.6 is 11.6 Å². The molecule has 2 aromatic rings. The van der Waals surface area contributed by atoms with E-state index in [4.69, 9.17) is 11.6 Å². The summed E-state index contributed by atoms with van der Waals surface area (Å²) >= 11 is 6.06. The van der Waals surface area contributed by atoms with Gasteiger partial charge >= 0.3 is 0 Å². The van der Waals surface area contributed by atoms with Crippen LogP contribution in [0.15, 0.2) is 36.5 Å². The van der Waals surface area contributed by atoms with Crippen molar-refractivity contribution in [3.63, 3.8) is 0 Å². The number of aromatic nitrogens is 1. The quantitative estimate of drug-likeness (QED) is 0.846. The maximum Gasteiger partial charge on any atom is 0.0457 e. The second-order valence-electron chi connectivity index (χ2n) is 4.42. The molecule has 2 rings (SSSR count). The van der Waals surface area contributed by atoms with Gasteiger partial charge in [0.05, 0.1) is 0 Å². The van der Waals surface area contributed by atoms with Gasteiger partial charge in [-0.25, -0.2) is 0 Å². The topological polar surface area (TPSA) is 27.8 Å². The third-order valence-corrected chi connectivity index (χ3v) is 2.90. The van der Waals surface area contributed by atoms with Crippen LogP contribution in [-0.2, 0) is 6.54 Å². The van der Waals surface area contributed by atoms with E-state index in [1.165, 1.54) is 5.56 Å². The summed E-state index contributed by atoms with van der Waals surface area (Å²) in [4.78, 5) is 3.22. The number of hydrogen-bond acceptors (Lipinski definition) is 1. The number of hydrogen-bond donors (Lipinski definition) is 2. The van der Waals surface area contributed by atoms with Crippen molar-refractivity contribution in [3.8, 4) is 11.3 Å². The Hall–Kier alpha value is -1.25. The minimum absolute atomic E-state index is 0.474. The van der Waals surface area contributed by atoms with Crippen molar-refractivity contribution in [2.45, 2.75) is 26.4 Å². The Labute approximate surface area is 107 Å². The first-order valence-corrected chi connectivity index (χ1v) is 6.20. The van der Waals surface area contributed by atoms with Crippen LogP contribution in [0, 0.1) is 0 Å². The molecule has 0 spiro atoms. The molecule has 0 aliphatic rings. The minimum Gasteiger partial charge on any atom is -0.361 e. The zero-order valence-electron chi connectivity index (χ0n) is 10.1. The zero-order valence-corrected chi connectivity index (χ0v) is 10.9. The highest BCUT2D eigenvalue weighted by atomic mass is 35.5. The Kier molecular flexibility index (Phi) is 3.87. The van der Waals surface area contributed by atoms with E-state index in [-0.39, 0.29) is 0 Å². The van der Waals surface area contributed by atoms with Crippen molar-refractivity contribution >= 4 is 11.6 Å². The molecule has 0 saturated carbocycles. The van der Waals surface area contributed by atoms with Crippen LogP contribution in [0.2, 0.25) is 5.02 Å². The van der Waals surface area contributed by atoms with Gasteiger partial charge in [-0.3, -0.25) is 0 Å². The van der Waals surface area contributed by atoms with Crippen molar-refractivity contribution in [3.05, 3.63) is 47.1 Å². The first kappa shape index (κ1) is 12.2. The molecule has 1 aromatic heterocycles. The molecule has 2 nitrogen and oxygen atoms in total. The summed E-state index contributed by atoms with van der Waals surface area (Å²) in [6, 6.07) is 10.5. The van der Waals surface area contributed by atoms with Crippen molar-refractivity contribution in [1.82, 2.24) is 10.3 Å². The van der Waals surface area contributed by atoms with Gasteiger partial charge in [-0.1, -0.05) is 31.5 Å². The van der Waals surface area contributed by atoms with Gasteiger partial charge in [-0.15, -0.1) is 0 Å². The molecule has 0 aliphatic heterocycles. The van der Waals surface area contributed by atoms with Crippen LogP contribution in [0.25, 0.3) is 11.3 Å². The number of aromatic amines is 1. The normalized spacial score (nSPS) is 11.1. The van der Waals surface area contributed by atoms with Gasteiger partial charge in [0.1, 0.15) is 0 Å². The Morgan fingerprint density at radius 3 is 2.76 bits per heavy atom. The molecule has 0 unspecified atom stereocenters. The fraction of sp³-hybridized carbons (Fsp3) is 0.286. The highest BCUT2D eigenvalue weighted by Gasteiger charge is 2.07. The van der Waals surface area contributed by atoms with Crippen LogP contribution in [0.3, 0.4) is 0 Å². The molecule has 0 amide bonds. The van der Waals surface area contributed by atoms with Crippen LogP contribution < -0.4 is 5.32 Å². The molecule has 1 aromatic carbocycles. The van der Waals surface area contributed by atoms with Crippen molar-refractivity contribution in [2.75, 3.05) is 0 Å². The van der Waals surface area contributed by atoms with E-state index in [0.717, 1.165) is 22.8 Å². The number of rotatable bonds is 4. The van der Waals surface area contributed by atoms with Crippen LogP contribution in [0.4, 0.5) is 0 Å². The van der Waals surface area contributed by atoms with Crippen LogP contribution in [0.5, 0.6) is 0 Å². The fourth-order valence-electron chi connectivity index (χ4n) is 1.77. The molecule has 2 N–H and O–H groups in total. The lowest BCUT2D eigenvalue weighted by atomic mass is 10.0. The third-order valence-electron chi connectivity index (χ3n) is 2.66. The van der Waals surface area contributed by atoms with E-state index >= 15 is 0 Å². The van der Waals surface area contributed by atoms with Gasteiger partial charge in [0.15, 0.2) is 0 Å². The van der Waals surface area contributed by atoms with E-state index < -0.39 is 0 Å². The smallest absolute Gasteiger partial charge is 0.0457 e. The minimum atomic E-state index is 0.474. The maximum absolute atomic E-state index is 6.06. The van der Waals surface area contributed by atoms with Gasteiger partial charge < -0.3 is 10.3 Å². The lowest BCUT2D eigenvalue weighted by Crippen LogP contribution is -2.22. The molecule has 0 saturated heterocycles. The van der Waals surface area contributed by atoms with Crippen molar-refractivity contribution in [1.29, 1.82) is 0 Å². The van der Waals surface area contributed by atoms with E-state index in [1.807, 2.05) is 24.4 Å². The van der Waals surface area contributed by atoms with E-state index in [9.17, 15) is 0 Å². The summed E-state index contributed by atoms with van der Waals surface area (Å²) in [6.45, 7) is 5.14. The third kappa shape index (κ3) is 3.11. The van der Waals surface area contributed by atoms with Gasteiger partial charge in [0.2, 0.25) is 0 Å². The highest BCUT2D eigenvalue weighted by Crippen LogP contribution is 2.25. The van der Waals surface area contributed by atoms with Crippen LogP contribution in [-0.4, -0.2) is 11.0 Å². The molecule has 3 heteroatoms. The predicted molar refractivity (Wildman–Crippen MR) is 73.2 cm³/mol. The molecule has 0 fully saturated rings. The first-order valence-electron chi connectivity index (χ1n) is 5.82. The lowest BCUT2D eigenvalue weighted by molar-refractivity contribution is 0.589. The van der Waals surface area contributed by atoms with E-state index in [0.29, 0.717) is 6.04 Å². The summed E-state index contributed by atoms with van der Waals surface area (Å²) in [5, 5.41) is 4.19. The van der Waals surface area contributed by atoms with E-state index in [2.05, 4.69) is 36.3 Å². The Morgan fingerprint density at radius 2 is 2.12 bits per heavy atom. The monoisotopic (exact) mass is 248 g/mol. The molecule has 90 valence electrons. The number of H-pyrrole nitrogens is 1. The summed E-state index contributed by atoms with van der Waals surface area (Å²) < 4.78 is 0. The summed E-state index contributed by atoms with van der Waals surface area (Å²) in [6.07, 6.45) is 1.93. The Balaban J connectivity index is 2.31. The number of benzene rings is 1. The molecular formula is C14H17ClN2.